The van der Waals surface area contributed by atoms with Crippen LogP contribution in [0.5, 0.6) is 0 Å². The van der Waals surface area contributed by atoms with Crippen molar-refractivity contribution in [1.29, 1.82) is 0 Å². The predicted molar refractivity (Wildman–Crippen MR) is 117 cm³/mol. The van der Waals surface area contributed by atoms with Crippen LogP contribution in [0.1, 0.15) is 49.7 Å². The fraction of sp³-hybridized carbons (Fsp3) is 0.364. The number of urea groups is 1. The summed E-state index contributed by atoms with van der Waals surface area (Å²) in [5.41, 5.74) is 4.02. The molecule has 2 heterocycles. The predicted octanol–water partition coefficient (Wildman–Crippen LogP) is 3.69. The van der Waals surface area contributed by atoms with E-state index in [-0.39, 0.29) is 11.0 Å². The minimum Gasteiger partial charge on any atom is -0.308 e. The maximum atomic E-state index is 12.6. The lowest BCUT2D eigenvalue weighted by Gasteiger charge is -2.19. The minimum atomic E-state index is -0.400. The van der Waals surface area contributed by atoms with E-state index < -0.39 is 6.03 Å². The highest BCUT2D eigenvalue weighted by Gasteiger charge is 2.20. The Kier molecular flexibility index (Phi) is 4.93. The molecule has 2 aromatic heterocycles. The summed E-state index contributed by atoms with van der Waals surface area (Å²) in [6, 6.07) is 9.09. The number of amides is 2. The number of H-pyrrole nitrogens is 1. The molecule has 0 spiro atoms. The standard InChI is InChI=1S/C22H26N6O2/c1-13-12-18(25-21(30)23-15-10-8-14(9-11-15)22(2,3)4)28(27-13)20-24-17-7-5-6-16(17)19(29)26-20/h8-12H,5-7H2,1-4H3,(H2,23,25,30)(H,24,26,29). The van der Waals surface area contributed by atoms with Gasteiger partial charge in [0, 0.05) is 17.3 Å². The van der Waals surface area contributed by atoms with E-state index in [2.05, 4.69) is 46.5 Å². The van der Waals surface area contributed by atoms with E-state index in [1.807, 2.05) is 31.2 Å². The van der Waals surface area contributed by atoms with E-state index in [4.69, 9.17) is 0 Å². The van der Waals surface area contributed by atoms with Gasteiger partial charge in [0.1, 0.15) is 5.82 Å². The highest BCUT2D eigenvalue weighted by Crippen LogP contribution is 2.24. The lowest BCUT2D eigenvalue weighted by Crippen LogP contribution is -2.23. The summed E-state index contributed by atoms with van der Waals surface area (Å²) < 4.78 is 1.46. The summed E-state index contributed by atoms with van der Waals surface area (Å²) in [4.78, 5) is 32.2. The lowest BCUT2D eigenvalue weighted by molar-refractivity contribution is 0.262. The third-order valence-electron chi connectivity index (χ3n) is 5.21. The number of anilines is 2. The summed E-state index contributed by atoms with van der Waals surface area (Å²) in [5, 5.41) is 10.0. The number of nitrogens with zero attached hydrogens (tertiary/aromatic N) is 3. The highest BCUT2D eigenvalue weighted by molar-refractivity contribution is 5.99. The number of aryl methyl sites for hydroxylation is 2. The largest absolute Gasteiger partial charge is 0.324 e. The first-order chi connectivity index (χ1) is 14.2. The molecule has 0 saturated heterocycles. The van der Waals surface area contributed by atoms with Crippen LogP contribution >= 0.6 is 0 Å². The normalized spacial score (nSPS) is 13.2. The second-order valence-electron chi connectivity index (χ2n) is 8.66. The van der Waals surface area contributed by atoms with Crippen molar-refractivity contribution in [2.45, 2.75) is 52.4 Å². The smallest absolute Gasteiger partial charge is 0.308 e. The number of rotatable bonds is 3. The number of nitrogens with one attached hydrogen (secondary N) is 3. The van der Waals surface area contributed by atoms with Gasteiger partial charge in [-0.25, -0.2) is 9.78 Å². The van der Waals surface area contributed by atoms with E-state index in [0.29, 0.717) is 23.1 Å². The van der Waals surface area contributed by atoms with Gasteiger partial charge in [-0.3, -0.25) is 15.1 Å². The molecule has 0 unspecified atom stereocenters. The van der Waals surface area contributed by atoms with Gasteiger partial charge < -0.3 is 5.32 Å². The maximum absolute atomic E-state index is 12.6. The van der Waals surface area contributed by atoms with Crippen molar-refractivity contribution in [3.8, 4) is 5.95 Å². The van der Waals surface area contributed by atoms with Gasteiger partial charge in [0.2, 0.25) is 5.95 Å². The summed E-state index contributed by atoms with van der Waals surface area (Å²) in [6.07, 6.45) is 2.45. The van der Waals surface area contributed by atoms with Gasteiger partial charge in [-0.2, -0.15) is 9.78 Å². The van der Waals surface area contributed by atoms with Crippen molar-refractivity contribution in [1.82, 2.24) is 19.7 Å². The molecule has 1 aromatic carbocycles. The number of hydrogen-bond donors (Lipinski definition) is 3. The molecule has 3 aromatic rings. The maximum Gasteiger partial charge on any atom is 0.324 e. The molecule has 1 aliphatic rings. The first-order valence-corrected chi connectivity index (χ1v) is 10.1. The van der Waals surface area contributed by atoms with Crippen molar-refractivity contribution < 1.29 is 4.79 Å². The molecule has 0 saturated carbocycles. The van der Waals surface area contributed by atoms with Gasteiger partial charge in [0.15, 0.2) is 0 Å². The van der Waals surface area contributed by atoms with E-state index in [1.54, 1.807) is 6.07 Å². The van der Waals surface area contributed by atoms with Gasteiger partial charge in [-0.1, -0.05) is 32.9 Å². The number of aromatic amines is 1. The SMILES string of the molecule is Cc1cc(NC(=O)Nc2ccc(C(C)(C)C)cc2)n(-c2nc3c(c(=O)[nH]2)CCC3)n1. The van der Waals surface area contributed by atoms with Crippen LogP contribution in [-0.2, 0) is 18.3 Å². The van der Waals surface area contributed by atoms with Crippen LogP contribution in [0, 0.1) is 6.92 Å². The molecule has 156 valence electrons. The van der Waals surface area contributed by atoms with E-state index >= 15 is 0 Å². The van der Waals surface area contributed by atoms with Crippen molar-refractivity contribution in [3.63, 3.8) is 0 Å². The number of carbonyl (C=O) groups excluding carboxylic acids is 1. The molecule has 30 heavy (non-hydrogen) atoms. The second kappa shape index (κ2) is 7.44. The van der Waals surface area contributed by atoms with Crippen LogP contribution in [0.25, 0.3) is 5.95 Å². The molecular weight excluding hydrogens is 380 g/mol. The zero-order valence-electron chi connectivity index (χ0n) is 17.7. The quantitative estimate of drug-likeness (QED) is 0.617. The topological polar surface area (TPSA) is 105 Å². The average molecular weight is 406 g/mol. The monoisotopic (exact) mass is 406 g/mol. The fourth-order valence-corrected chi connectivity index (χ4v) is 3.61. The third kappa shape index (κ3) is 3.98. The molecule has 0 fully saturated rings. The molecule has 4 rings (SSSR count). The Balaban J connectivity index is 1.54. The minimum absolute atomic E-state index is 0.0462. The zero-order chi connectivity index (χ0) is 21.5. The highest BCUT2D eigenvalue weighted by atomic mass is 16.2. The summed E-state index contributed by atoms with van der Waals surface area (Å²) in [7, 11) is 0. The van der Waals surface area contributed by atoms with Gasteiger partial charge in [0.25, 0.3) is 5.56 Å². The molecule has 0 bridgehead atoms. The van der Waals surface area contributed by atoms with Crippen LogP contribution in [0.3, 0.4) is 0 Å². The Labute approximate surface area is 174 Å². The molecule has 8 nitrogen and oxygen atoms in total. The summed E-state index contributed by atoms with van der Waals surface area (Å²) in [6.45, 7) is 8.24. The molecule has 0 radical (unpaired) electrons. The van der Waals surface area contributed by atoms with E-state index in [0.717, 1.165) is 30.5 Å². The molecule has 0 atom stereocenters. The van der Waals surface area contributed by atoms with Gasteiger partial charge >= 0.3 is 6.03 Å². The van der Waals surface area contributed by atoms with E-state index in [1.165, 1.54) is 10.2 Å². The fourth-order valence-electron chi connectivity index (χ4n) is 3.61. The van der Waals surface area contributed by atoms with Gasteiger partial charge in [0.05, 0.1) is 11.4 Å². The van der Waals surface area contributed by atoms with E-state index in [9.17, 15) is 9.59 Å². The van der Waals surface area contributed by atoms with Crippen molar-refractivity contribution in [3.05, 3.63) is 63.2 Å². The van der Waals surface area contributed by atoms with Crippen molar-refractivity contribution in [2.75, 3.05) is 10.6 Å². The molecule has 0 aliphatic heterocycles. The molecule has 3 N–H and O–H groups in total. The molecule has 8 heteroatoms. The first-order valence-electron chi connectivity index (χ1n) is 10.1. The van der Waals surface area contributed by atoms with Crippen LogP contribution < -0.4 is 16.2 Å². The van der Waals surface area contributed by atoms with Crippen molar-refractivity contribution in [2.24, 2.45) is 0 Å². The Hall–Kier alpha value is -3.42. The van der Waals surface area contributed by atoms with Crippen LogP contribution in [0.15, 0.2) is 35.1 Å². The van der Waals surface area contributed by atoms with Gasteiger partial charge in [-0.15, -0.1) is 0 Å². The van der Waals surface area contributed by atoms with Crippen LogP contribution in [-0.4, -0.2) is 25.8 Å². The lowest BCUT2D eigenvalue weighted by atomic mass is 9.87. The number of fused-ring (bicyclic) bond motifs is 1. The average Bonchev–Trinajstić information content (AvgIpc) is 3.28. The third-order valence-corrected chi connectivity index (χ3v) is 5.21. The molecule has 2 amide bonds. The Bertz CT molecular complexity index is 1150. The summed E-state index contributed by atoms with van der Waals surface area (Å²) in [5.74, 6) is 0.732. The molecule has 1 aliphatic carbocycles. The first kappa shape index (κ1) is 19.9. The Morgan fingerprint density at radius 2 is 1.87 bits per heavy atom. The Morgan fingerprint density at radius 3 is 2.57 bits per heavy atom. The second-order valence-corrected chi connectivity index (χ2v) is 8.66. The number of carbonyl (C=O) groups is 1. The van der Waals surface area contributed by atoms with Gasteiger partial charge in [-0.05, 0) is 49.3 Å². The zero-order valence-corrected chi connectivity index (χ0v) is 17.7. The number of aromatic nitrogens is 4. The van der Waals surface area contributed by atoms with Crippen molar-refractivity contribution >= 4 is 17.5 Å². The summed E-state index contributed by atoms with van der Waals surface area (Å²) >= 11 is 0. The Morgan fingerprint density at radius 1 is 1.13 bits per heavy atom. The van der Waals surface area contributed by atoms with Crippen LogP contribution in [0.2, 0.25) is 0 Å². The number of hydrogen-bond acceptors (Lipinski definition) is 4. The van der Waals surface area contributed by atoms with Crippen LogP contribution in [0.4, 0.5) is 16.3 Å². The molecular formula is C22H26N6O2. The number of benzene rings is 1.